The highest BCUT2D eigenvalue weighted by Gasteiger charge is 2.42. The zero-order valence-corrected chi connectivity index (χ0v) is 88.9. The van der Waals surface area contributed by atoms with Gasteiger partial charge in [0.2, 0.25) is 31.4 Å². The monoisotopic (exact) mass is 2090 g/mol. The summed E-state index contributed by atoms with van der Waals surface area (Å²) in [5.74, 6) is 2.02. The number of hydrogen-bond donors (Lipinski definition) is 1. The van der Waals surface area contributed by atoms with Crippen molar-refractivity contribution >= 4 is 189 Å². The Morgan fingerprint density at radius 2 is 0.796 bits per heavy atom. The van der Waals surface area contributed by atoms with Crippen LogP contribution in [0.2, 0.25) is 10.0 Å². The lowest BCUT2D eigenvalue weighted by atomic mass is 9.99. The maximum absolute atomic E-state index is 13.3. The zero-order valence-electron chi connectivity index (χ0n) is 81.4. The van der Waals surface area contributed by atoms with Crippen LogP contribution >= 0.6 is 104 Å². The lowest BCUT2D eigenvalue weighted by Crippen LogP contribution is -2.57. The molecule has 10 aliphatic heterocycles. The first kappa shape index (κ1) is 112. The molecule has 6 aromatic carbocycles. The number of hydrogen-bond acceptors (Lipinski definition) is 24. The molecule has 0 saturated carbocycles. The molecule has 0 spiro atoms. The van der Waals surface area contributed by atoms with Crippen molar-refractivity contribution in [1.82, 2.24) is 64.2 Å². The van der Waals surface area contributed by atoms with Crippen LogP contribution in [0.1, 0.15) is 77.9 Å². The van der Waals surface area contributed by atoms with E-state index in [-0.39, 0.29) is 149 Å². The van der Waals surface area contributed by atoms with Crippen LogP contribution in [-0.4, -0.2) is 322 Å². The molecule has 7 fully saturated rings. The van der Waals surface area contributed by atoms with Crippen molar-refractivity contribution in [3.63, 3.8) is 0 Å². The van der Waals surface area contributed by atoms with Crippen LogP contribution in [0.25, 0.3) is 46.9 Å². The number of ether oxygens (including phenoxy) is 4. The van der Waals surface area contributed by atoms with E-state index in [1.165, 1.54) is 41.3 Å². The average molecular weight is 2090 g/mol. The molecule has 3 amide bonds. The Morgan fingerprint density at radius 3 is 1.15 bits per heavy atom. The van der Waals surface area contributed by atoms with Crippen LogP contribution in [-0.2, 0) is 58.0 Å². The highest BCUT2D eigenvalue weighted by atomic mass is 35.5. The van der Waals surface area contributed by atoms with Crippen molar-refractivity contribution < 1.29 is 42.8 Å². The van der Waals surface area contributed by atoms with E-state index < -0.39 is 6.17 Å². The number of carbonyl (C=O) groups is 3. The first-order valence-corrected chi connectivity index (χ1v) is 48.4. The van der Waals surface area contributed by atoms with Gasteiger partial charge in [0.15, 0.2) is 5.76 Å². The predicted octanol–water partition coefficient (Wildman–Crippen LogP) is 13.0. The van der Waals surface area contributed by atoms with Gasteiger partial charge in [0.05, 0.1) is 60.5 Å². The molecule has 7 saturated heterocycles. The normalized spacial score (nSPS) is 20.3. The number of methoxy groups -OCH3 is 1. The molecule has 0 unspecified atom stereocenters. The number of likely N-dealkylation sites (tertiary alicyclic amines) is 4. The minimum absolute atomic E-state index is 0. The quantitative estimate of drug-likeness (QED) is 0.0318. The SMILES string of the molecule is S.S.S.S.S.S.[C-]#[N+]C[C@H]1CN(c2nc(OC[C@@H]3CCCN3C)nc3c2CCN(c2cccc4cccc(C)c24)C3)CCN1C(=O)/C=C/CN1CC(F)C1.[C-]#[N+]C[C@H]1CN(c2nc(OC[C@@H]3CCCN3C)nc3c2CCN(c2cccc4cccc(Cl)c24)C3)CCN1C(=O)/C=C/CO.[C-]#[N+]C[C@H]1CN(c2nc(OC[C@@H]3CCCN3C)nc3c2CCN(c2cccc4cccc(Cl)c24)C3)CCN1C(=O)C(=C)OC. The fourth-order valence-corrected chi connectivity index (χ4v) is 21.6. The van der Waals surface area contributed by atoms with Crippen LogP contribution < -0.4 is 43.6 Å². The third kappa shape index (κ3) is 25.7. The molecule has 13 heterocycles. The number of alkyl halides is 1. The third-order valence-corrected chi connectivity index (χ3v) is 29.2. The van der Waals surface area contributed by atoms with E-state index in [2.05, 4.69) is 178 Å². The van der Waals surface area contributed by atoms with E-state index in [0.29, 0.717) is 154 Å². The molecule has 0 bridgehead atoms. The molecule has 3 aromatic heterocycles. The predicted molar refractivity (Wildman–Crippen MR) is 593 cm³/mol. The van der Waals surface area contributed by atoms with E-state index >= 15 is 0 Å². The van der Waals surface area contributed by atoms with Crippen molar-refractivity contribution in [3.05, 3.63) is 229 Å². The summed E-state index contributed by atoms with van der Waals surface area (Å²) >= 11 is 13.4. The van der Waals surface area contributed by atoms with E-state index in [1.807, 2.05) is 40.1 Å². The second kappa shape index (κ2) is 52.1. The van der Waals surface area contributed by atoms with Gasteiger partial charge in [-0.1, -0.05) is 121 Å². The van der Waals surface area contributed by atoms with Gasteiger partial charge in [-0.15, -0.1) is 0 Å². The maximum Gasteiger partial charge on any atom is 0.318 e. The van der Waals surface area contributed by atoms with E-state index in [9.17, 15) is 18.8 Å². The van der Waals surface area contributed by atoms with Crippen molar-refractivity contribution in [2.45, 2.75) is 127 Å². The topological polar surface area (TPSA) is 241 Å². The van der Waals surface area contributed by atoms with E-state index in [1.54, 1.807) is 15.9 Å². The smallest absolute Gasteiger partial charge is 0.318 e. The number of piperazine rings is 3. The second-order valence-corrected chi connectivity index (χ2v) is 37.9. The molecule has 30 nitrogen and oxygen atoms in total. The molecule has 9 aromatic rings. The lowest BCUT2D eigenvalue weighted by Gasteiger charge is -2.41. The molecular formula is C103H133Cl2FN22O8S6. The molecule has 19 rings (SSSR count). The number of halogens is 3. The van der Waals surface area contributed by atoms with Gasteiger partial charge in [-0.05, 0) is 158 Å². The summed E-state index contributed by atoms with van der Waals surface area (Å²) in [6, 6.07) is 38.7. The molecule has 1 N–H and O–H groups in total. The highest BCUT2D eigenvalue weighted by Crippen LogP contribution is 2.43. The Morgan fingerprint density at radius 1 is 0.451 bits per heavy atom. The minimum atomic E-state index is -0.766. The van der Waals surface area contributed by atoms with Gasteiger partial charge in [0.1, 0.15) is 61.6 Å². The lowest BCUT2D eigenvalue weighted by molar-refractivity contribution is -0.132. The van der Waals surface area contributed by atoms with E-state index in [4.69, 9.17) is 96.9 Å². The van der Waals surface area contributed by atoms with Gasteiger partial charge >= 0.3 is 18.0 Å². The van der Waals surface area contributed by atoms with Crippen molar-refractivity contribution in [3.8, 4) is 18.0 Å². The van der Waals surface area contributed by atoms with Crippen molar-refractivity contribution in [1.29, 1.82) is 0 Å². The molecule has 6 atom stereocenters. The van der Waals surface area contributed by atoms with Crippen molar-refractivity contribution in [2.75, 3.05) is 222 Å². The summed E-state index contributed by atoms with van der Waals surface area (Å²) in [7, 11) is 7.83. The maximum atomic E-state index is 13.3. The standard InChI is InChI=1S/C37H45FN8O2.2C33H38ClN7O3.6H2S/c1-26-8-4-9-27-10-5-12-33(35(26)27)44-17-14-31-32(24-44)40-37(48-25-29-11-6-15-42(29)3)41-36(31)45-18-19-46(30(23-45)20-39-2)34(47)13-7-16-43-21-28(38)22-43;1-22(43-4)32(42)41-17-16-40(19-25(41)18-35-2)31-26-13-15-39(29-12-6-9-23-8-5-11-27(34)30(23)29)20-28(26)36-33(37-31)44-21-24-10-7-14-38(24)3;1-35-19-25-20-40(16-17-41(25)30(43)12-6-18-42)32-26-13-15-39(29-11-4-8-23-7-3-10-27(34)31(23)29)21-28(26)36-33(37-32)44-22-24-9-5-14-38(24)2;;;;;;/h4-5,7-10,12-13,28-30H,6,11,14-25H2,1,3H3;5-6,8-9,11-12,24-25H,1,7,10,13-21H2,3-4H3;3-4,6-8,10-12,24-25,42H,5,9,13-22H2,2H3;6*1H2/b13-7+;;12-6+;;;;;;/t29-,30-;2*24-,25-;;;;;;/m000....../s1. The first-order chi connectivity index (χ1) is 66.2. The second-order valence-electron chi connectivity index (χ2n) is 37.0. The van der Waals surface area contributed by atoms with Crippen LogP contribution in [0, 0.1) is 26.6 Å². The summed E-state index contributed by atoms with van der Waals surface area (Å²) in [6.07, 6.45) is 14.5. The Balaban J connectivity index is 0.000000199. The molecular weight excluding hydrogens is 1960 g/mol. The van der Waals surface area contributed by atoms with Crippen LogP contribution in [0.15, 0.2) is 146 Å². The van der Waals surface area contributed by atoms with Crippen LogP contribution in [0.5, 0.6) is 18.0 Å². The van der Waals surface area contributed by atoms with Gasteiger partial charge < -0.3 is 97.4 Å². The van der Waals surface area contributed by atoms with Gasteiger partial charge in [0.25, 0.3) is 5.91 Å². The molecule has 39 heteroatoms. The number of benzene rings is 6. The Kier molecular flexibility index (Phi) is 41.1. The van der Waals surface area contributed by atoms with E-state index in [0.717, 1.165) is 191 Å². The Labute approximate surface area is 885 Å². The number of fused-ring (bicyclic) bond motifs is 6. The fraction of sp³-hybridized carbons (Fsp3) is 0.476. The number of anilines is 6. The summed E-state index contributed by atoms with van der Waals surface area (Å²) < 4.78 is 37.2. The number of amides is 3. The molecule has 0 aliphatic carbocycles. The fourth-order valence-electron chi connectivity index (χ4n) is 21.0. The summed E-state index contributed by atoms with van der Waals surface area (Å²) in [6.45, 7) is 44.0. The average Bonchev–Trinajstić information content (AvgIpc) is 0.998. The number of carbonyl (C=O) groups excluding carboxylic acids is 3. The summed E-state index contributed by atoms with van der Waals surface area (Å²) in [5.41, 5.74) is 10.7. The van der Waals surface area contributed by atoms with Crippen molar-refractivity contribution in [2.24, 2.45) is 0 Å². The number of aromatic nitrogens is 6. The van der Waals surface area contributed by atoms with Crippen LogP contribution in [0.4, 0.5) is 38.9 Å². The summed E-state index contributed by atoms with van der Waals surface area (Å²) in [5, 5.41) is 17.4. The minimum Gasteiger partial charge on any atom is -0.492 e. The number of aliphatic hydroxyl groups excluding tert-OH is 1. The van der Waals surface area contributed by atoms with Gasteiger partial charge in [0, 0.05) is 178 Å². The summed E-state index contributed by atoms with van der Waals surface area (Å²) in [4.78, 5) is 108. The molecule has 0 radical (unpaired) electrons. The number of likely N-dealkylation sites (N-methyl/N-ethyl adjacent to an activating group) is 3. The molecule has 142 heavy (non-hydrogen) atoms. The van der Waals surface area contributed by atoms with Gasteiger partial charge in [-0.3, -0.25) is 19.3 Å². The number of aryl methyl sites for hydroxylation is 1. The largest absolute Gasteiger partial charge is 0.492 e. The zero-order chi connectivity index (χ0) is 94.6. The number of aliphatic hydroxyl groups is 1. The Bertz CT molecular complexity index is 6090. The molecule has 760 valence electrons. The van der Waals surface area contributed by atoms with Crippen LogP contribution in [0.3, 0.4) is 0 Å². The molecule has 10 aliphatic rings. The number of rotatable bonds is 25. The first-order valence-electron chi connectivity index (χ1n) is 47.7. The number of nitrogens with zero attached hydrogens (tertiary/aromatic N) is 22. The third-order valence-electron chi connectivity index (χ3n) is 28.5. The van der Waals surface area contributed by atoms with Gasteiger partial charge in [-0.25, -0.2) is 24.1 Å². The highest BCUT2D eigenvalue weighted by molar-refractivity contribution is 7.60. The Hall–Kier alpha value is -10.2. The van der Waals surface area contributed by atoms with Gasteiger partial charge in [-0.2, -0.15) is 111 Å².